The molecule has 3 rings (SSSR count). The Balaban J connectivity index is 2.35. The highest BCUT2D eigenvalue weighted by atomic mass is 16.4. The van der Waals surface area contributed by atoms with E-state index in [4.69, 9.17) is 0 Å². The van der Waals surface area contributed by atoms with Gasteiger partial charge in [-0.15, -0.1) is 0 Å². The number of nitrogens with one attached hydrogen (secondary N) is 4. The smallest absolute Gasteiger partial charge is 0.335 e. The molecule has 0 radical (unpaired) electrons. The van der Waals surface area contributed by atoms with E-state index in [2.05, 4.69) is 26.3 Å². The number of carbonyl (C=O) groups excluding carboxylic acids is 11. The van der Waals surface area contributed by atoms with Crippen molar-refractivity contribution in [2.75, 3.05) is 55.9 Å². The van der Waals surface area contributed by atoms with Crippen molar-refractivity contribution in [3.8, 4) is 0 Å². The fourth-order valence-electron chi connectivity index (χ4n) is 12.2. The molecule has 11 amide bonds. The summed E-state index contributed by atoms with van der Waals surface area (Å²) in [5, 5.41) is 33.3. The lowest BCUT2D eigenvalue weighted by Gasteiger charge is -2.41. The fourth-order valence-corrected chi connectivity index (χ4v) is 12.2. The molecular weight excluding hydrogens is 1220 g/mol. The molecule has 534 valence electrons. The summed E-state index contributed by atoms with van der Waals surface area (Å²) in [6.45, 7) is 27.1. The molecule has 27 nitrogen and oxygen atoms in total. The summed E-state index contributed by atoms with van der Waals surface area (Å²) in [6.07, 6.45) is -1.29. The molecule has 1 aromatic carbocycles. The van der Waals surface area contributed by atoms with Crippen molar-refractivity contribution in [2.24, 2.45) is 48.5 Å². The summed E-state index contributed by atoms with van der Waals surface area (Å²) in [6, 6.07) is -8.50. The third kappa shape index (κ3) is 20.9. The standard InChI is InChI=1S/C68H113N13O14/c1-25-45-63(89)74(17)34-53(82)76(19)48(28-35(2)3)60(86)73-54(39(10)11)66(92)77(20)49(29-36(4)5)59(85)69-42(15)58(84)70-43(16)62(88)78(21)50(30-37(6)7)64(90)79(22)51(31-38(8)9)65(91)80(23)55(40(12)13)67(93)81(24)56(61(87)72-45)57(83)41(14)32-52-71-46-33-44(68(94)95)26-27-47(46)75(52)18/h26-27,33,35-43,45,48-51,54-57,83H,25,28-32,34H2,1-24H3,(H,69,85)(H,70,84)(H,72,87)(H,73,86)(H,94,95)/t41-,42+,43-,45+,48+,49+,50+,51+,54+,55+,56+,57-/m1/s1. The monoisotopic (exact) mass is 1340 g/mol. The van der Waals surface area contributed by atoms with Crippen molar-refractivity contribution in [3.05, 3.63) is 29.6 Å². The predicted octanol–water partition coefficient (Wildman–Crippen LogP) is 3.13. The number of aryl methyl sites for hydroxylation is 1. The lowest BCUT2D eigenvalue weighted by atomic mass is 9.91. The van der Waals surface area contributed by atoms with Crippen LogP contribution in [-0.4, -0.2) is 247 Å². The van der Waals surface area contributed by atoms with Crippen LogP contribution in [-0.2, 0) is 66.2 Å². The number of aromatic nitrogens is 2. The van der Waals surface area contributed by atoms with Crippen LogP contribution in [0.3, 0.4) is 0 Å². The van der Waals surface area contributed by atoms with E-state index in [0.29, 0.717) is 16.9 Å². The third-order valence-electron chi connectivity index (χ3n) is 18.1. The molecule has 95 heavy (non-hydrogen) atoms. The van der Waals surface area contributed by atoms with E-state index in [1.54, 1.807) is 59.2 Å². The minimum Gasteiger partial charge on any atom is -0.478 e. The van der Waals surface area contributed by atoms with Crippen molar-refractivity contribution < 1.29 is 67.7 Å². The molecule has 0 bridgehead atoms. The minimum absolute atomic E-state index is 0.000361. The van der Waals surface area contributed by atoms with Crippen LogP contribution in [0.4, 0.5) is 0 Å². The Morgan fingerprint density at radius 1 is 0.516 bits per heavy atom. The second-order valence-electron chi connectivity index (χ2n) is 28.6. The highest BCUT2D eigenvalue weighted by Gasteiger charge is 2.46. The first-order valence-corrected chi connectivity index (χ1v) is 33.4. The number of likely N-dealkylation sites (N-methyl/N-ethyl adjacent to an activating group) is 7. The Hall–Kier alpha value is -7.71. The number of imidazole rings is 1. The van der Waals surface area contributed by atoms with Gasteiger partial charge in [0.25, 0.3) is 0 Å². The summed E-state index contributed by atoms with van der Waals surface area (Å²) in [5.41, 5.74) is 0.941. The van der Waals surface area contributed by atoms with Crippen LogP contribution in [0.1, 0.15) is 159 Å². The van der Waals surface area contributed by atoms with Gasteiger partial charge in [-0.1, -0.05) is 96.9 Å². The van der Waals surface area contributed by atoms with Crippen molar-refractivity contribution in [2.45, 2.75) is 216 Å². The van der Waals surface area contributed by atoms with Gasteiger partial charge < -0.3 is 70.3 Å². The Morgan fingerprint density at radius 3 is 1.45 bits per heavy atom. The lowest BCUT2D eigenvalue weighted by molar-refractivity contribution is -0.157. The Labute approximate surface area is 562 Å². The molecule has 0 unspecified atom stereocenters. The number of aliphatic hydroxyl groups excluding tert-OH is 1. The number of aliphatic hydroxyl groups is 1. The van der Waals surface area contributed by atoms with Gasteiger partial charge in [-0.3, -0.25) is 52.7 Å². The first-order valence-electron chi connectivity index (χ1n) is 33.4. The molecule has 1 aliphatic rings. The number of carboxylic acid groups (broad SMARTS) is 1. The number of amides is 11. The largest absolute Gasteiger partial charge is 0.478 e. The average Bonchev–Trinajstić information content (AvgIpc) is 1.76. The zero-order valence-electron chi connectivity index (χ0n) is 60.9. The normalized spacial score (nSPS) is 25.3. The highest BCUT2D eigenvalue weighted by molar-refractivity contribution is 6.00. The quantitative estimate of drug-likeness (QED) is 0.141. The zero-order valence-corrected chi connectivity index (χ0v) is 60.9. The van der Waals surface area contributed by atoms with Crippen LogP contribution >= 0.6 is 0 Å². The van der Waals surface area contributed by atoms with Crippen LogP contribution < -0.4 is 21.3 Å². The number of hydrogen-bond acceptors (Lipinski definition) is 14. The van der Waals surface area contributed by atoms with E-state index < -0.39 is 162 Å². The van der Waals surface area contributed by atoms with Gasteiger partial charge in [0, 0.05) is 62.8 Å². The van der Waals surface area contributed by atoms with Crippen molar-refractivity contribution >= 4 is 82.0 Å². The summed E-state index contributed by atoms with van der Waals surface area (Å²) in [5.74, 6) is -11.5. The molecule has 27 heteroatoms. The lowest BCUT2D eigenvalue weighted by Crippen LogP contribution is -2.63. The van der Waals surface area contributed by atoms with Crippen molar-refractivity contribution in [1.29, 1.82) is 0 Å². The number of benzene rings is 1. The van der Waals surface area contributed by atoms with Gasteiger partial charge in [0.05, 0.1) is 29.2 Å². The minimum atomic E-state index is -1.78. The van der Waals surface area contributed by atoms with E-state index in [1.807, 2.05) is 55.4 Å². The number of carbonyl (C=O) groups is 12. The fraction of sp³-hybridized carbons (Fsp3) is 0.721. The number of carboxylic acids is 1. The van der Waals surface area contributed by atoms with Crippen LogP contribution in [0.15, 0.2) is 18.2 Å². The van der Waals surface area contributed by atoms with Gasteiger partial charge in [-0.25, -0.2) is 9.78 Å². The van der Waals surface area contributed by atoms with Gasteiger partial charge in [-0.2, -0.15) is 0 Å². The number of hydrogen-bond donors (Lipinski definition) is 6. The molecule has 12 atom stereocenters. The third-order valence-corrected chi connectivity index (χ3v) is 18.1. The Kier molecular flexibility index (Phi) is 30.3. The number of aromatic carboxylic acids is 1. The van der Waals surface area contributed by atoms with Gasteiger partial charge in [0.15, 0.2) is 0 Å². The van der Waals surface area contributed by atoms with Crippen molar-refractivity contribution in [3.63, 3.8) is 0 Å². The number of rotatable bonds is 16. The Morgan fingerprint density at radius 2 is 0.968 bits per heavy atom. The van der Waals surface area contributed by atoms with Crippen LogP contribution in [0.2, 0.25) is 0 Å². The maximum Gasteiger partial charge on any atom is 0.335 e. The molecule has 1 fully saturated rings. The van der Waals surface area contributed by atoms with Gasteiger partial charge in [0.1, 0.15) is 66.2 Å². The number of nitrogens with zero attached hydrogens (tertiary/aromatic N) is 9. The van der Waals surface area contributed by atoms with Gasteiger partial charge in [0.2, 0.25) is 65.0 Å². The first-order chi connectivity index (χ1) is 43.9. The predicted molar refractivity (Wildman–Crippen MR) is 360 cm³/mol. The van der Waals surface area contributed by atoms with E-state index in [9.17, 15) is 48.6 Å². The maximum atomic E-state index is 15.5. The maximum absolute atomic E-state index is 15.5. The topological polar surface area (TPSA) is 334 Å². The molecule has 0 spiro atoms. The van der Waals surface area contributed by atoms with Gasteiger partial charge in [-0.05, 0) is 106 Å². The summed E-state index contributed by atoms with van der Waals surface area (Å²) in [7, 11) is 11.4. The average molecular weight is 1340 g/mol. The highest BCUT2D eigenvalue weighted by Crippen LogP contribution is 2.27. The van der Waals surface area contributed by atoms with E-state index in [1.165, 1.54) is 99.8 Å². The SMILES string of the molecule is CC[C@@H]1NC(=O)[C@H]([C@H](O)[C@H](C)Cc2nc3cc(C(=O)O)ccc3n2C)N(C)C(=O)[C@H](C(C)C)N(C)C(=O)[C@H](CC(C)C)N(C)C(=O)[C@H](CC(C)C)N(C)C(=O)[C@@H](C)NC(=O)[C@H](C)NC(=O)[C@H](CC(C)C)N(C)C(=O)[C@H](C(C)C)NC(=O)[C@H](CC(C)C)N(C)C(=O)CN(C)C1=O. The zero-order chi connectivity index (χ0) is 72.9. The second-order valence-corrected chi connectivity index (χ2v) is 28.6. The Bertz CT molecular complexity index is 3070. The van der Waals surface area contributed by atoms with Crippen molar-refractivity contribution in [1.82, 2.24) is 65.1 Å². The second kappa shape index (κ2) is 35.3. The molecule has 1 saturated heterocycles. The van der Waals surface area contributed by atoms with E-state index in [-0.39, 0.29) is 67.8 Å². The first kappa shape index (κ1) is 81.5. The molecule has 0 aliphatic carbocycles. The van der Waals surface area contributed by atoms with E-state index in [0.717, 1.165) is 9.80 Å². The van der Waals surface area contributed by atoms with Crippen LogP contribution in [0.25, 0.3) is 11.0 Å². The molecule has 1 aromatic heterocycles. The molecule has 6 N–H and O–H groups in total. The number of fused-ring (bicyclic) bond motifs is 1. The molecule has 0 saturated carbocycles. The summed E-state index contributed by atoms with van der Waals surface area (Å²) in [4.78, 5) is 187. The van der Waals surface area contributed by atoms with E-state index >= 15 is 19.2 Å². The molecule has 2 heterocycles. The molecule has 2 aromatic rings. The molecule has 1 aliphatic heterocycles. The summed E-state index contributed by atoms with van der Waals surface area (Å²) < 4.78 is 1.72. The van der Waals surface area contributed by atoms with Crippen LogP contribution in [0.5, 0.6) is 0 Å². The van der Waals surface area contributed by atoms with Gasteiger partial charge >= 0.3 is 5.97 Å². The molecular formula is C68H113N13O14. The van der Waals surface area contributed by atoms with Crippen LogP contribution in [0, 0.1) is 41.4 Å². The summed E-state index contributed by atoms with van der Waals surface area (Å²) >= 11 is 0.